The molecule has 1 N–H and O–H groups in total. The molecule has 32 heavy (non-hydrogen) atoms. The van der Waals surface area contributed by atoms with Crippen molar-refractivity contribution in [3.63, 3.8) is 0 Å². The van der Waals surface area contributed by atoms with Crippen molar-refractivity contribution in [2.75, 3.05) is 13.7 Å². The molecule has 0 radical (unpaired) electrons. The van der Waals surface area contributed by atoms with Crippen LogP contribution in [0.15, 0.2) is 34.7 Å². The molecule has 0 saturated carbocycles. The molecule has 1 aromatic rings. The summed E-state index contributed by atoms with van der Waals surface area (Å²) in [7, 11) is 1.63. The molecule has 4 rings (SSSR count). The van der Waals surface area contributed by atoms with Gasteiger partial charge in [0.15, 0.2) is 23.1 Å². The second-order valence-corrected chi connectivity index (χ2v) is 11.9. The SMILES string of the molecule is CCOc1cc(C2C3=C(CC(C)(C)CC3=O)NC3=C2C(=O)CC(C)(C)C3)cc(I)c1OC. The van der Waals surface area contributed by atoms with E-state index in [9.17, 15) is 9.59 Å². The van der Waals surface area contributed by atoms with Crippen molar-refractivity contribution in [2.24, 2.45) is 10.8 Å². The second-order valence-electron chi connectivity index (χ2n) is 10.7. The van der Waals surface area contributed by atoms with E-state index in [-0.39, 0.29) is 28.3 Å². The molecular weight excluding hydrogens is 517 g/mol. The van der Waals surface area contributed by atoms with Crippen LogP contribution in [-0.4, -0.2) is 25.3 Å². The highest BCUT2D eigenvalue weighted by molar-refractivity contribution is 14.1. The van der Waals surface area contributed by atoms with Gasteiger partial charge in [0.2, 0.25) is 0 Å². The van der Waals surface area contributed by atoms with E-state index < -0.39 is 0 Å². The van der Waals surface area contributed by atoms with Crippen LogP contribution in [0.5, 0.6) is 11.5 Å². The zero-order valence-corrected chi connectivity index (χ0v) is 21.9. The predicted octanol–water partition coefficient (Wildman–Crippen LogP) is 5.67. The number of rotatable bonds is 4. The minimum Gasteiger partial charge on any atom is -0.492 e. The molecule has 0 spiro atoms. The van der Waals surface area contributed by atoms with Crippen LogP contribution in [0.1, 0.15) is 71.8 Å². The summed E-state index contributed by atoms with van der Waals surface area (Å²) in [5.41, 5.74) is 4.16. The number of ether oxygens (including phenoxy) is 2. The lowest BCUT2D eigenvalue weighted by Crippen LogP contribution is -2.42. The lowest BCUT2D eigenvalue weighted by Gasteiger charge is -2.44. The molecular formula is C26H32INO4. The highest BCUT2D eigenvalue weighted by Gasteiger charge is 2.46. The van der Waals surface area contributed by atoms with Crippen LogP contribution in [0, 0.1) is 14.4 Å². The molecule has 3 aliphatic rings. The Labute approximate surface area is 204 Å². The van der Waals surface area contributed by atoms with Crippen molar-refractivity contribution in [1.82, 2.24) is 5.32 Å². The summed E-state index contributed by atoms with van der Waals surface area (Å²) in [6.45, 7) is 11.0. The van der Waals surface area contributed by atoms with Gasteiger partial charge in [0.05, 0.1) is 17.3 Å². The van der Waals surface area contributed by atoms with Gasteiger partial charge in [0.25, 0.3) is 0 Å². The van der Waals surface area contributed by atoms with Crippen LogP contribution in [-0.2, 0) is 9.59 Å². The summed E-state index contributed by atoms with van der Waals surface area (Å²) in [6.07, 6.45) is 2.55. The van der Waals surface area contributed by atoms with Crippen molar-refractivity contribution in [3.05, 3.63) is 43.8 Å². The van der Waals surface area contributed by atoms with Crippen LogP contribution in [0.25, 0.3) is 0 Å². The first kappa shape index (κ1) is 23.3. The number of halogens is 1. The number of allylic oxidation sites excluding steroid dienone is 4. The van der Waals surface area contributed by atoms with Crippen molar-refractivity contribution in [3.8, 4) is 11.5 Å². The van der Waals surface area contributed by atoms with Crippen LogP contribution >= 0.6 is 22.6 Å². The molecule has 6 heteroatoms. The second kappa shape index (κ2) is 8.19. The third-order valence-corrected chi connectivity index (χ3v) is 7.39. The summed E-state index contributed by atoms with van der Waals surface area (Å²) < 4.78 is 12.4. The molecule has 0 aromatic heterocycles. The fourth-order valence-corrected chi connectivity index (χ4v) is 6.28. The van der Waals surface area contributed by atoms with Crippen molar-refractivity contribution in [2.45, 2.75) is 66.2 Å². The summed E-state index contributed by atoms with van der Waals surface area (Å²) in [5.74, 6) is 1.21. The third kappa shape index (κ3) is 4.11. The first-order chi connectivity index (χ1) is 15.0. The third-order valence-electron chi connectivity index (χ3n) is 6.59. The monoisotopic (exact) mass is 549 g/mol. The Morgan fingerprint density at radius 3 is 1.97 bits per heavy atom. The molecule has 0 unspecified atom stereocenters. The number of hydrogen-bond acceptors (Lipinski definition) is 5. The molecule has 1 aromatic carbocycles. The van der Waals surface area contributed by atoms with Crippen LogP contribution in [0.4, 0.5) is 0 Å². The highest BCUT2D eigenvalue weighted by atomic mass is 127. The lowest BCUT2D eigenvalue weighted by atomic mass is 9.64. The Morgan fingerprint density at radius 2 is 1.50 bits per heavy atom. The molecule has 0 bridgehead atoms. The standard InChI is InChI=1S/C26H32INO4/c1-7-32-20-9-14(8-15(27)24(20)31-6)21-22-16(10-25(2,3)12-18(22)29)28-17-11-26(4,5)13-19(30)23(17)21/h8-9,21,28H,7,10-13H2,1-6H3. The Morgan fingerprint density at radius 1 is 0.969 bits per heavy atom. The zero-order chi connectivity index (χ0) is 23.4. The summed E-state index contributed by atoms with van der Waals surface area (Å²) in [4.78, 5) is 26.9. The molecule has 0 amide bonds. The highest BCUT2D eigenvalue weighted by Crippen LogP contribution is 2.52. The fourth-order valence-electron chi connectivity index (χ4n) is 5.44. The van der Waals surface area contributed by atoms with Gasteiger partial charge in [-0.15, -0.1) is 0 Å². The molecule has 0 saturated heterocycles. The summed E-state index contributed by atoms with van der Waals surface area (Å²) >= 11 is 2.24. The van der Waals surface area contributed by atoms with E-state index in [2.05, 4.69) is 55.6 Å². The van der Waals surface area contributed by atoms with E-state index >= 15 is 0 Å². The van der Waals surface area contributed by atoms with E-state index in [1.54, 1.807) is 7.11 Å². The number of carbonyl (C=O) groups is 2. The zero-order valence-electron chi connectivity index (χ0n) is 19.8. The normalized spacial score (nSPS) is 22.3. The van der Waals surface area contributed by atoms with E-state index in [1.807, 2.05) is 19.1 Å². The molecule has 172 valence electrons. The molecule has 5 nitrogen and oxygen atoms in total. The number of benzene rings is 1. The predicted molar refractivity (Wildman–Crippen MR) is 133 cm³/mol. The van der Waals surface area contributed by atoms with Gasteiger partial charge in [0, 0.05) is 41.3 Å². The van der Waals surface area contributed by atoms with Crippen LogP contribution in [0.2, 0.25) is 0 Å². The maximum absolute atomic E-state index is 13.5. The smallest absolute Gasteiger partial charge is 0.174 e. The quantitative estimate of drug-likeness (QED) is 0.491. The topological polar surface area (TPSA) is 64.6 Å². The van der Waals surface area contributed by atoms with Crippen LogP contribution < -0.4 is 14.8 Å². The number of nitrogens with one attached hydrogen (secondary N) is 1. The Bertz CT molecular complexity index is 1010. The molecule has 1 heterocycles. The van der Waals surface area contributed by atoms with Crippen molar-refractivity contribution >= 4 is 34.2 Å². The lowest BCUT2D eigenvalue weighted by molar-refractivity contribution is -0.119. The molecule has 2 aliphatic carbocycles. The van der Waals surface area contributed by atoms with E-state index in [4.69, 9.17) is 9.47 Å². The Kier molecular flexibility index (Phi) is 5.97. The minimum absolute atomic E-state index is 0.107. The summed E-state index contributed by atoms with van der Waals surface area (Å²) in [5, 5.41) is 3.57. The van der Waals surface area contributed by atoms with Gasteiger partial charge in [-0.25, -0.2) is 0 Å². The molecule has 0 atom stereocenters. The number of hydrogen-bond donors (Lipinski definition) is 1. The largest absolute Gasteiger partial charge is 0.492 e. The maximum atomic E-state index is 13.5. The van der Waals surface area contributed by atoms with Gasteiger partial charge in [-0.1, -0.05) is 27.7 Å². The fraction of sp³-hybridized carbons (Fsp3) is 0.538. The number of methoxy groups -OCH3 is 1. The van der Waals surface area contributed by atoms with Crippen molar-refractivity contribution in [1.29, 1.82) is 0 Å². The average molecular weight is 549 g/mol. The average Bonchev–Trinajstić information content (AvgIpc) is 2.64. The summed E-state index contributed by atoms with van der Waals surface area (Å²) in [6, 6.07) is 3.99. The molecule has 0 fully saturated rings. The maximum Gasteiger partial charge on any atom is 0.174 e. The van der Waals surface area contributed by atoms with E-state index in [0.717, 1.165) is 44.5 Å². The van der Waals surface area contributed by atoms with Gasteiger partial charge in [0.1, 0.15) is 0 Å². The first-order valence-electron chi connectivity index (χ1n) is 11.3. The first-order valence-corrected chi connectivity index (χ1v) is 12.3. The van der Waals surface area contributed by atoms with Crippen LogP contribution in [0.3, 0.4) is 0 Å². The minimum atomic E-state index is -0.368. The molecule has 1 aliphatic heterocycles. The van der Waals surface area contributed by atoms with Gasteiger partial charge in [-0.2, -0.15) is 0 Å². The Balaban J connectivity index is 1.95. The van der Waals surface area contributed by atoms with E-state index in [0.29, 0.717) is 30.9 Å². The number of carbonyl (C=O) groups excluding carboxylic acids is 2. The van der Waals surface area contributed by atoms with Crippen molar-refractivity contribution < 1.29 is 19.1 Å². The van der Waals surface area contributed by atoms with Gasteiger partial charge < -0.3 is 14.8 Å². The van der Waals surface area contributed by atoms with Gasteiger partial charge in [-0.3, -0.25) is 9.59 Å². The number of dihydropyridines is 1. The number of Topliss-reactive ketones (excluding diaryl/α,β-unsaturated/α-hetero) is 2. The Hall–Kier alpha value is -1.83. The van der Waals surface area contributed by atoms with E-state index in [1.165, 1.54) is 0 Å². The van der Waals surface area contributed by atoms with Gasteiger partial charge >= 0.3 is 0 Å². The number of ketones is 2. The van der Waals surface area contributed by atoms with Gasteiger partial charge in [-0.05, 0) is 70.9 Å².